The van der Waals surface area contributed by atoms with E-state index in [0.29, 0.717) is 6.42 Å². The molecule has 1 unspecified atom stereocenters. The Kier molecular flexibility index (Phi) is 1.35. The first-order valence-corrected chi connectivity index (χ1v) is 3.63. The van der Waals surface area contributed by atoms with Gasteiger partial charge in [-0.2, -0.15) is 0 Å². The van der Waals surface area contributed by atoms with Crippen LogP contribution in [0.2, 0.25) is 0 Å². The zero-order chi connectivity index (χ0) is 6.97. The molecule has 2 rings (SSSR count). The van der Waals surface area contributed by atoms with E-state index in [4.69, 9.17) is 0 Å². The molecule has 2 saturated heterocycles. The third-order valence-corrected chi connectivity index (χ3v) is 2.03. The highest BCUT2D eigenvalue weighted by molar-refractivity contribution is 5.77. The summed E-state index contributed by atoms with van der Waals surface area (Å²) in [5.74, 6) is 0.163. The number of carbonyl (C=O) groups excluding carboxylic acids is 1. The van der Waals surface area contributed by atoms with Crippen molar-refractivity contribution in [1.29, 1.82) is 0 Å². The number of amides is 1. The van der Waals surface area contributed by atoms with Crippen LogP contribution in [0.3, 0.4) is 0 Å². The van der Waals surface area contributed by atoms with Gasteiger partial charge in [0.1, 0.15) is 6.29 Å². The van der Waals surface area contributed by atoms with Crippen LogP contribution in [0.5, 0.6) is 0 Å². The predicted molar refractivity (Wildman–Crippen MR) is 36.1 cm³/mol. The average Bonchev–Trinajstić information content (AvgIpc) is 2.33. The maximum atomic E-state index is 10.8. The van der Waals surface area contributed by atoms with E-state index in [2.05, 4.69) is 15.5 Å². The zero-order valence-corrected chi connectivity index (χ0v) is 5.76. The van der Waals surface area contributed by atoms with Crippen LogP contribution in [-0.2, 0) is 4.79 Å². The summed E-state index contributed by atoms with van der Waals surface area (Å²) >= 11 is 0. The van der Waals surface area contributed by atoms with Crippen LogP contribution in [0.25, 0.3) is 0 Å². The van der Waals surface area contributed by atoms with Crippen LogP contribution >= 0.6 is 0 Å². The molecule has 56 valence electrons. The van der Waals surface area contributed by atoms with Crippen molar-refractivity contribution in [3.63, 3.8) is 0 Å². The van der Waals surface area contributed by atoms with Gasteiger partial charge in [0.25, 0.3) is 0 Å². The zero-order valence-electron chi connectivity index (χ0n) is 5.76. The molecular formula is C6H11N3O. The van der Waals surface area contributed by atoms with Crippen molar-refractivity contribution in [3.8, 4) is 0 Å². The van der Waals surface area contributed by atoms with Crippen LogP contribution in [0.15, 0.2) is 0 Å². The Labute approximate surface area is 59.6 Å². The largest absolute Gasteiger partial charge is 0.328 e. The molecule has 0 aromatic heterocycles. The van der Waals surface area contributed by atoms with Crippen LogP contribution < -0.4 is 10.6 Å². The summed E-state index contributed by atoms with van der Waals surface area (Å²) in [4.78, 5) is 13.1. The second-order valence-electron chi connectivity index (χ2n) is 2.71. The Hall–Kier alpha value is -0.610. The van der Waals surface area contributed by atoms with Gasteiger partial charge in [-0.1, -0.05) is 0 Å². The topological polar surface area (TPSA) is 44.4 Å². The summed E-state index contributed by atoms with van der Waals surface area (Å²) in [5.41, 5.74) is 0. The van der Waals surface area contributed by atoms with Gasteiger partial charge < -0.3 is 5.32 Å². The molecule has 10 heavy (non-hydrogen) atoms. The second kappa shape index (κ2) is 2.21. The minimum atomic E-state index is 0.126. The fourth-order valence-corrected chi connectivity index (χ4v) is 1.46. The molecule has 0 spiro atoms. The SMILES string of the molecule is O=C1CCN2CCNC2N1. The van der Waals surface area contributed by atoms with E-state index in [9.17, 15) is 4.79 Å². The number of nitrogens with one attached hydrogen (secondary N) is 2. The molecule has 2 N–H and O–H groups in total. The first kappa shape index (κ1) is 6.12. The van der Waals surface area contributed by atoms with Crippen LogP contribution in [-0.4, -0.2) is 36.7 Å². The second-order valence-corrected chi connectivity index (χ2v) is 2.71. The minimum absolute atomic E-state index is 0.126. The standard InChI is InChI=1S/C6H11N3O/c10-5-1-3-9-4-2-7-6(9)8-5/h6-7H,1-4H2,(H,8,10). The average molecular weight is 141 g/mol. The normalized spacial score (nSPS) is 33.6. The fraction of sp³-hybridized carbons (Fsp3) is 0.833. The van der Waals surface area contributed by atoms with Gasteiger partial charge in [-0.25, -0.2) is 0 Å². The van der Waals surface area contributed by atoms with E-state index in [-0.39, 0.29) is 12.2 Å². The molecule has 1 amide bonds. The van der Waals surface area contributed by atoms with E-state index < -0.39 is 0 Å². The number of rotatable bonds is 0. The third-order valence-electron chi connectivity index (χ3n) is 2.03. The van der Waals surface area contributed by atoms with E-state index in [1.54, 1.807) is 0 Å². The molecular weight excluding hydrogens is 130 g/mol. The minimum Gasteiger partial charge on any atom is -0.328 e. The number of carbonyl (C=O) groups is 1. The van der Waals surface area contributed by atoms with Crippen LogP contribution in [0.1, 0.15) is 6.42 Å². The molecule has 2 aliphatic heterocycles. The molecule has 0 saturated carbocycles. The maximum Gasteiger partial charge on any atom is 0.223 e. The monoisotopic (exact) mass is 141 g/mol. The Morgan fingerprint density at radius 1 is 1.50 bits per heavy atom. The molecule has 2 heterocycles. The summed E-state index contributed by atoms with van der Waals surface area (Å²) in [5, 5.41) is 6.04. The Morgan fingerprint density at radius 2 is 2.40 bits per heavy atom. The summed E-state index contributed by atoms with van der Waals surface area (Å²) < 4.78 is 0. The predicted octanol–water partition coefficient (Wildman–Crippen LogP) is -1.30. The summed E-state index contributed by atoms with van der Waals surface area (Å²) in [6.45, 7) is 2.96. The summed E-state index contributed by atoms with van der Waals surface area (Å²) in [7, 11) is 0. The number of hydrogen-bond donors (Lipinski definition) is 2. The van der Waals surface area contributed by atoms with Crippen molar-refractivity contribution in [3.05, 3.63) is 0 Å². The van der Waals surface area contributed by atoms with Gasteiger partial charge >= 0.3 is 0 Å². The van der Waals surface area contributed by atoms with Crippen LogP contribution in [0.4, 0.5) is 0 Å². The molecule has 1 atom stereocenters. The molecule has 2 fully saturated rings. The first-order valence-electron chi connectivity index (χ1n) is 3.63. The van der Waals surface area contributed by atoms with Gasteiger partial charge in [-0.3, -0.25) is 15.0 Å². The Morgan fingerprint density at radius 3 is 3.30 bits per heavy atom. The highest BCUT2D eigenvalue weighted by atomic mass is 16.2. The number of fused-ring (bicyclic) bond motifs is 1. The van der Waals surface area contributed by atoms with E-state index in [1.807, 2.05) is 0 Å². The van der Waals surface area contributed by atoms with Gasteiger partial charge in [0.05, 0.1) is 0 Å². The summed E-state index contributed by atoms with van der Waals surface area (Å²) in [6, 6.07) is 0. The Balaban J connectivity index is 2.03. The summed E-state index contributed by atoms with van der Waals surface area (Å²) in [6.07, 6.45) is 0.777. The molecule has 0 bridgehead atoms. The molecule has 2 aliphatic rings. The molecule has 0 aromatic rings. The number of hydrogen-bond acceptors (Lipinski definition) is 3. The lowest BCUT2D eigenvalue weighted by Crippen LogP contribution is -2.55. The van der Waals surface area contributed by atoms with Gasteiger partial charge in [0.15, 0.2) is 0 Å². The van der Waals surface area contributed by atoms with Crippen molar-refractivity contribution in [2.24, 2.45) is 0 Å². The smallest absolute Gasteiger partial charge is 0.223 e. The van der Waals surface area contributed by atoms with Crippen LogP contribution in [0, 0.1) is 0 Å². The Bertz CT molecular complexity index is 159. The molecule has 4 heteroatoms. The molecule has 0 aliphatic carbocycles. The van der Waals surface area contributed by atoms with E-state index in [1.165, 1.54) is 0 Å². The lowest BCUT2D eigenvalue weighted by Gasteiger charge is -2.28. The number of nitrogens with zero attached hydrogens (tertiary/aromatic N) is 1. The lowest BCUT2D eigenvalue weighted by molar-refractivity contribution is -0.126. The van der Waals surface area contributed by atoms with Crippen molar-refractivity contribution in [2.75, 3.05) is 19.6 Å². The van der Waals surface area contributed by atoms with E-state index in [0.717, 1.165) is 19.6 Å². The van der Waals surface area contributed by atoms with E-state index >= 15 is 0 Å². The quantitative estimate of drug-likeness (QED) is 0.440. The molecule has 0 aromatic carbocycles. The lowest BCUT2D eigenvalue weighted by atomic mass is 10.3. The fourth-order valence-electron chi connectivity index (χ4n) is 1.46. The van der Waals surface area contributed by atoms with Gasteiger partial charge in [0.2, 0.25) is 5.91 Å². The van der Waals surface area contributed by atoms with Gasteiger partial charge in [-0.05, 0) is 0 Å². The van der Waals surface area contributed by atoms with Crippen molar-refractivity contribution >= 4 is 5.91 Å². The maximum absolute atomic E-state index is 10.8. The van der Waals surface area contributed by atoms with Crippen molar-refractivity contribution in [2.45, 2.75) is 12.7 Å². The van der Waals surface area contributed by atoms with Crippen molar-refractivity contribution < 1.29 is 4.79 Å². The third kappa shape index (κ3) is 0.892. The van der Waals surface area contributed by atoms with Gasteiger partial charge in [-0.15, -0.1) is 0 Å². The van der Waals surface area contributed by atoms with Crippen molar-refractivity contribution in [1.82, 2.24) is 15.5 Å². The van der Waals surface area contributed by atoms with Gasteiger partial charge in [0, 0.05) is 26.1 Å². The molecule has 0 radical (unpaired) electrons. The molecule has 4 nitrogen and oxygen atoms in total. The first-order chi connectivity index (χ1) is 4.86. The highest BCUT2D eigenvalue weighted by Gasteiger charge is 2.28. The highest BCUT2D eigenvalue weighted by Crippen LogP contribution is 2.06.